The lowest BCUT2D eigenvalue weighted by molar-refractivity contribution is -0.551. The smallest absolute Gasteiger partial charge is 0.281 e. The predicted octanol–water partition coefficient (Wildman–Crippen LogP) is 4.07. The number of hydrogen-bond acceptors (Lipinski definition) is 4. The SMILES string of the molecule is O=S(=O)(O)C(F)(F)C(F)(F)O[C@](F)(C(F)(F)F)C(F)(F)OC(F)(F)C(F)(F)F. The second-order valence-corrected chi connectivity index (χ2v) is 5.80. The molecule has 0 amide bonds. The van der Waals surface area contributed by atoms with Gasteiger partial charge >= 0.3 is 51.9 Å². The Morgan fingerprint density at radius 1 is 0.536 bits per heavy atom. The van der Waals surface area contributed by atoms with Gasteiger partial charge in [0.2, 0.25) is 0 Å². The molecular weight excluding hydrogens is 481 g/mol. The number of alkyl halides is 15. The molecule has 0 unspecified atom stereocenters. The van der Waals surface area contributed by atoms with Crippen molar-refractivity contribution >= 4 is 10.1 Å². The molecule has 5 nitrogen and oxygen atoms in total. The van der Waals surface area contributed by atoms with E-state index in [-0.39, 0.29) is 0 Å². The monoisotopic (exact) mass is 482 g/mol. The second-order valence-electron chi connectivity index (χ2n) is 4.34. The van der Waals surface area contributed by atoms with Crippen LogP contribution in [-0.4, -0.2) is 54.8 Å². The van der Waals surface area contributed by atoms with E-state index in [9.17, 15) is 74.3 Å². The zero-order valence-corrected chi connectivity index (χ0v) is 12.5. The number of ether oxygens (including phenoxy) is 2. The van der Waals surface area contributed by atoms with Crippen LogP contribution < -0.4 is 0 Å². The average Bonchev–Trinajstić information content (AvgIpc) is 2.31. The zero-order chi connectivity index (χ0) is 23.4. The Hall–Kier alpha value is -1.22. The fourth-order valence-electron chi connectivity index (χ4n) is 0.953. The molecule has 1 atom stereocenters. The Labute approximate surface area is 141 Å². The van der Waals surface area contributed by atoms with Crippen LogP contribution in [0.25, 0.3) is 0 Å². The van der Waals surface area contributed by atoms with E-state index in [0.717, 1.165) is 0 Å². The minimum atomic E-state index is -7.92. The quantitative estimate of drug-likeness (QED) is 0.438. The highest BCUT2D eigenvalue weighted by molar-refractivity contribution is 7.86. The maximum atomic E-state index is 13.4. The molecule has 0 saturated heterocycles. The molecule has 0 aromatic rings. The predicted molar refractivity (Wildman–Crippen MR) is 49.5 cm³/mol. The fraction of sp³-hybridized carbons (Fsp3) is 1.00. The summed E-state index contributed by atoms with van der Waals surface area (Å²) in [5.41, 5.74) is 0. The van der Waals surface area contributed by atoms with Crippen LogP contribution in [0.4, 0.5) is 65.9 Å². The first-order valence-corrected chi connectivity index (χ1v) is 6.81. The molecule has 28 heavy (non-hydrogen) atoms. The van der Waals surface area contributed by atoms with Crippen LogP contribution in [0.3, 0.4) is 0 Å². The van der Waals surface area contributed by atoms with Gasteiger partial charge in [-0.1, -0.05) is 0 Å². The summed E-state index contributed by atoms with van der Waals surface area (Å²) in [7, 11) is -7.54. The summed E-state index contributed by atoms with van der Waals surface area (Å²) in [6.45, 7) is 0. The van der Waals surface area contributed by atoms with Crippen LogP contribution in [0.5, 0.6) is 0 Å². The Bertz CT molecular complexity index is 678. The topological polar surface area (TPSA) is 72.8 Å². The zero-order valence-electron chi connectivity index (χ0n) is 11.7. The highest BCUT2D eigenvalue weighted by atomic mass is 32.2. The van der Waals surface area contributed by atoms with E-state index in [2.05, 4.69) is 0 Å². The van der Waals surface area contributed by atoms with Crippen LogP contribution >= 0.6 is 0 Å². The molecule has 0 bridgehead atoms. The van der Waals surface area contributed by atoms with E-state index < -0.39 is 51.9 Å². The van der Waals surface area contributed by atoms with Gasteiger partial charge in [0.05, 0.1) is 0 Å². The van der Waals surface area contributed by atoms with Crippen molar-refractivity contribution in [2.45, 2.75) is 41.8 Å². The molecule has 0 radical (unpaired) electrons. The number of hydrogen-bond donors (Lipinski definition) is 1. The van der Waals surface area contributed by atoms with Gasteiger partial charge in [-0.05, 0) is 0 Å². The Morgan fingerprint density at radius 3 is 1.14 bits per heavy atom. The highest BCUT2D eigenvalue weighted by Gasteiger charge is 2.83. The van der Waals surface area contributed by atoms with Gasteiger partial charge in [-0.3, -0.25) is 9.29 Å². The summed E-state index contributed by atoms with van der Waals surface area (Å²) >= 11 is 0. The lowest BCUT2D eigenvalue weighted by Crippen LogP contribution is -2.66. The van der Waals surface area contributed by atoms with Crippen molar-refractivity contribution in [1.29, 1.82) is 0 Å². The van der Waals surface area contributed by atoms with Gasteiger partial charge in [-0.15, -0.1) is 0 Å². The van der Waals surface area contributed by atoms with Crippen molar-refractivity contribution in [3.63, 3.8) is 0 Å². The lowest BCUT2D eigenvalue weighted by atomic mass is 10.2. The molecular formula is C7HF15O5S. The highest BCUT2D eigenvalue weighted by Crippen LogP contribution is 2.55. The molecule has 1 N–H and O–H groups in total. The van der Waals surface area contributed by atoms with E-state index >= 15 is 0 Å². The molecule has 0 heterocycles. The fourth-order valence-corrected chi connectivity index (χ4v) is 1.29. The van der Waals surface area contributed by atoms with E-state index in [1.165, 1.54) is 9.47 Å². The van der Waals surface area contributed by atoms with Crippen molar-refractivity contribution in [3.05, 3.63) is 0 Å². The van der Waals surface area contributed by atoms with Crippen molar-refractivity contribution in [2.24, 2.45) is 0 Å². The molecule has 0 fully saturated rings. The Morgan fingerprint density at radius 2 is 0.893 bits per heavy atom. The van der Waals surface area contributed by atoms with Crippen LogP contribution in [0.2, 0.25) is 0 Å². The van der Waals surface area contributed by atoms with Crippen LogP contribution in [0.15, 0.2) is 0 Å². The van der Waals surface area contributed by atoms with Gasteiger partial charge in [0.15, 0.2) is 0 Å². The van der Waals surface area contributed by atoms with Gasteiger partial charge in [-0.25, -0.2) is 4.74 Å². The molecule has 21 heteroatoms. The Kier molecular flexibility index (Phi) is 6.36. The second kappa shape index (κ2) is 6.65. The lowest BCUT2D eigenvalue weighted by Gasteiger charge is -2.38. The van der Waals surface area contributed by atoms with Crippen LogP contribution in [0.1, 0.15) is 0 Å². The number of rotatable bonds is 7. The van der Waals surface area contributed by atoms with E-state index in [4.69, 9.17) is 4.55 Å². The third-order valence-electron chi connectivity index (χ3n) is 2.26. The summed E-state index contributed by atoms with van der Waals surface area (Å²) in [6.07, 6.45) is -38.0. The standard InChI is InChI=1S/C7HF15O5S/c8-1(2(9,10)11,4(15,16)27-5(17,18)3(12,13)14)26-6(19,20)7(21,22)28(23,24)25/h(H,23,24,25)/t1-/m1/s1. The maximum Gasteiger partial charge on any atom is 0.483 e. The normalized spacial score (nSPS) is 18.1. The molecule has 0 rings (SSSR count). The largest absolute Gasteiger partial charge is 0.483 e. The first-order chi connectivity index (χ1) is 11.7. The van der Waals surface area contributed by atoms with Gasteiger partial charge < -0.3 is 0 Å². The summed E-state index contributed by atoms with van der Waals surface area (Å²) in [5.74, 6) is -7.92. The van der Waals surface area contributed by atoms with Crippen LogP contribution in [-0.2, 0) is 19.6 Å². The van der Waals surface area contributed by atoms with Crippen molar-refractivity contribution in [3.8, 4) is 0 Å². The summed E-state index contributed by atoms with van der Waals surface area (Å²) in [6, 6.07) is 0. The molecule has 0 aliphatic carbocycles. The van der Waals surface area contributed by atoms with Gasteiger partial charge in [0, 0.05) is 0 Å². The molecule has 170 valence electrons. The van der Waals surface area contributed by atoms with E-state index in [0.29, 0.717) is 0 Å². The summed E-state index contributed by atoms with van der Waals surface area (Å²) in [4.78, 5) is 0. The molecule has 0 aromatic heterocycles. The maximum absolute atomic E-state index is 13.4. The third kappa shape index (κ3) is 4.50. The van der Waals surface area contributed by atoms with Crippen molar-refractivity contribution in [1.82, 2.24) is 0 Å². The average molecular weight is 482 g/mol. The van der Waals surface area contributed by atoms with Crippen molar-refractivity contribution < 1.29 is 88.3 Å². The van der Waals surface area contributed by atoms with Gasteiger partial charge in [0.1, 0.15) is 0 Å². The van der Waals surface area contributed by atoms with E-state index in [1.54, 1.807) is 0 Å². The molecule has 0 aromatic carbocycles. The Balaban J connectivity index is 6.45. The first kappa shape index (κ1) is 26.8. The minimum absolute atomic E-state index is 1.22. The summed E-state index contributed by atoms with van der Waals surface area (Å²) < 4.78 is 217. The molecule has 0 spiro atoms. The molecule has 0 aliphatic heterocycles. The summed E-state index contributed by atoms with van der Waals surface area (Å²) in [5, 5.41) is -7.33. The van der Waals surface area contributed by atoms with E-state index in [1.807, 2.05) is 0 Å². The third-order valence-corrected chi connectivity index (χ3v) is 3.14. The first-order valence-electron chi connectivity index (χ1n) is 5.37. The van der Waals surface area contributed by atoms with Crippen LogP contribution in [0, 0.1) is 0 Å². The van der Waals surface area contributed by atoms with Crippen molar-refractivity contribution in [2.75, 3.05) is 0 Å². The number of halogens is 15. The van der Waals surface area contributed by atoms with Gasteiger partial charge in [0.25, 0.3) is 0 Å². The minimum Gasteiger partial charge on any atom is -0.281 e. The van der Waals surface area contributed by atoms with Gasteiger partial charge in [-0.2, -0.15) is 74.3 Å². The molecule has 0 aliphatic rings. The molecule has 0 saturated carbocycles.